The maximum atomic E-state index is 10.9. The maximum Gasteiger partial charge on any atom is 0.157 e. The molecular formula is C9H15NO2. The second kappa shape index (κ2) is 4.26. The molecular weight excluding hydrogens is 154 g/mol. The van der Waals surface area contributed by atoms with Gasteiger partial charge in [0.25, 0.3) is 0 Å². The topological polar surface area (TPSA) is 29.5 Å². The number of rotatable bonds is 4. The molecule has 3 heteroatoms. The molecule has 0 aromatic heterocycles. The molecule has 0 saturated heterocycles. The van der Waals surface area contributed by atoms with E-state index in [1.807, 2.05) is 7.05 Å². The van der Waals surface area contributed by atoms with Crippen molar-refractivity contribution < 1.29 is 9.53 Å². The van der Waals surface area contributed by atoms with Crippen LogP contribution in [0, 0.1) is 0 Å². The molecule has 0 atom stereocenters. The molecule has 0 aromatic rings. The third kappa shape index (κ3) is 2.34. The van der Waals surface area contributed by atoms with Crippen molar-refractivity contribution in [1.29, 1.82) is 0 Å². The SMILES string of the molecule is COCCN(C)C1=CC(=O)CC1. The minimum Gasteiger partial charge on any atom is -0.383 e. The summed E-state index contributed by atoms with van der Waals surface area (Å²) >= 11 is 0. The first-order valence-corrected chi connectivity index (χ1v) is 4.17. The Hall–Kier alpha value is -0.830. The molecule has 0 fully saturated rings. The predicted molar refractivity (Wildman–Crippen MR) is 46.8 cm³/mol. The highest BCUT2D eigenvalue weighted by molar-refractivity contribution is 5.92. The average Bonchev–Trinajstić information content (AvgIpc) is 2.47. The van der Waals surface area contributed by atoms with E-state index >= 15 is 0 Å². The molecule has 0 radical (unpaired) electrons. The zero-order valence-corrected chi connectivity index (χ0v) is 7.67. The van der Waals surface area contributed by atoms with Crippen molar-refractivity contribution in [3.05, 3.63) is 11.8 Å². The third-order valence-corrected chi connectivity index (χ3v) is 2.08. The van der Waals surface area contributed by atoms with Gasteiger partial charge in [0.15, 0.2) is 5.78 Å². The predicted octanol–water partition coefficient (Wildman–Crippen LogP) is 0.811. The normalized spacial score (nSPS) is 16.5. The van der Waals surface area contributed by atoms with Crippen LogP contribution in [-0.4, -0.2) is 38.0 Å². The fourth-order valence-corrected chi connectivity index (χ4v) is 1.25. The molecule has 0 saturated carbocycles. The number of methoxy groups -OCH3 is 1. The Morgan fingerprint density at radius 2 is 2.33 bits per heavy atom. The van der Waals surface area contributed by atoms with E-state index in [-0.39, 0.29) is 5.78 Å². The summed E-state index contributed by atoms with van der Waals surface area (Å²) in [5.41, 5.74) is 1.14. The van der Waals surface area contributed by atoms with Crippen LogP contribution in [0.5, 0.6) is 0 Å². The Labute approximate surface area is 73.0 Å². The summed E-state index contributed by atoms with van der Waals surface area (Å²) in [7, 11) is 3.67. The molecule has 1 aliphatic carbocycles. The number of hydrogen-bond donors (Lipinski definition) is 0. The molecule has 1 rings (SSSR count). The van der Waals surface area contributed by atoms with Crippen molar-refractivity contribution in [2.24, 2.45) is 0 Å². The molecule has 0 amide bonds. The highest BCUT2D eigenvalue weighted by Gasteiger charge is 2.14. The van der Waals surface area contributed by atoms with Crippen molar-refractivity contribution >= 4 is 5.78 Å². The van der Waals surface area contributed by atoms with Gasteiger partial charge < -0.3 is 9.64 Å². The van der Waals surface area contributed by atoms with Crippen LogP contribution in [-0.2, 0) is 9.53 Å². The van der Waals surface area contributed by atoms with Crippen LogP contribution >= 0.6 is 0 Å². The minimum absolute atomic E-state index is 0.245. The van der Waals surface area contributed by atoms with E-state index in [4.69, 9.17) is 4.74 Å². The summed E-state index contributed by atoms with van der Waals surface area (Å²) in [6, 6.07) is 0. The second-order valence-electron chi connectivity index (χ2n) is 3.02. The Morgan fingerprint density at radius 3 is 2.83 bits per heavy atom. The monoisotopic (exact) mass is 169 g/mol. The van der Waals surface area contributed by atoms with Crippen molar-refractivity contribution in [3.8, 4) is 0 Å². The Bertz CT molecular complexity index is 199. The van der Waals surface area contributed by atoms with Gasteiger partial charge in [0.2, 0.25) is 0 Å². The molecule has 0 aromatic carbocycles. The van der Waals surface area contributed by atoms with Crippen LogP contribution in [0.4, 0.5) is 0 Å². The number of ketones is 1. The van der Waals surface area contributed by atoms with Crippen LogP contribution in [0.2, 0.25) is 0 Å². The molecule has 0 heterocycles. The molecule has 68 valence electrons. The first kappa shape index (κ1) is 9.26. The Kier molecular flexibility index (Phi) is 3.29. The lowest BCUT2D eigenvalue weighted by atomic mass is 10.3. The fourth-order valence-electron chi connectivity index (χ4n) is 1.25. The van der Waals surface area contributed by atoms with Crippen molar-refractivity contribution in [2.45, 2.75) is 12.8 Å². The number of allylic oxidation sites excluding steroid dienone is 2. The molecule has 12 heavy (non-hydrogen) atoms. The summed E-state index contributed by atoms with van der Waals surface area (Å²) in [5, 5.41) is 0. The quantitative estimate of drug-likeness (QED) is 0.623. The Balaban J connectivity index is 2.37. The number of hydrogen-bond acceptors (Lipinski definition) is 3. The van der Waals surface area contributed by atoms with Crippen LogP contribution in [0.1, 0.15) is 12.8 Å². The van der Waals surface area contributed by atoms with E-state index in [1.54, 1.807) is 13.2 Å². The van der Waals surface area contributed by atoms with Crippen LogP contribution in [0.3, 0.4) is 0 Å². The van der Waals surface area contributed by atoms with Crippen molar-refractivity contribution in [2.75, 3.05) is 27.3 Å². The van der Waals surface area contributed by atoms with Crippen molar-refractivity contribution in [1.82, 2.24) is 4.90 Å². The largest absolute Gasteiger partial charge is 0.383 e. The molecule has 0 aliphatic heterocycles. The van der Waals surface area contributed by atoms with Gasteiger partial charge in [-0.15, -0.1) is 0 Å². The molecule has 1 aliphatic rings. The van der Waals surface area contributed by atoms with E-state index in [1.165, 1.54) is 0 Å². The lowest BCUT2D eigenvalue weighted by Crippen LogP contribution is -2.21. The van der Waals surface area contributed by atoms with E-state index in [9.17, 15) is 4.79 Å². The van der Waals surface area contributed by atoms with Gasteiger partial charge in [0.1, 0.15) is 0 Å². The van der Waals surface area contributed by atoms with E-state index < -0.39 is 0 Å². The zero-order chi connectivity index (χ0) is 8.97. The van der Waals surface area contributed by atoms with Gasteiger partial charge >= 0.3 is 0 Å². The van der Waals surface area contributed by atoms with Crippen LogP contribution < -0.4 is 0 Å². The summed E-state index contributed by atoms with van der Waals surface area (Å²) in [6.45, 7) is 1.57. The molecule has 0 N–H and O–H groups in total. The van der Waals surface area contributed by atoms with Gasteiger partial charge in [-0.3, -0.25) is 4.79 Å². The lowest BCUT2D eigenvalue weighted by molar-refractivity contribution is -0.114. The summed E-state index contributed by atoms with van der Waals surface area (Å²) in [6.07, 6.45) is 3.29. The maximum absolute atomic E-state index is 10.9. The average molecular weight is 169 g/mol. The number of ether oxygens (including phenoxy) is 1. The molecule has 0 spiro atoms. The van der Waals surface area contributed by atoms with Gasteiger partial charge in [-0.1, -0.05) is 0 Å². The molecule has 0 unspecified atom stereocenters. The number of nitrogens with zero attached hydrogens (tertiary/aromatic N) is 1. The third-order valence-electron chi connectivity index (χ3n) is 2.08. The Morgan fingerprint density at radius 1 is 1.58 bits per heavy atom. The standard InChI is InChI=1S/C9H15NO2/c1-10(5-6-12-2)8-3-4-9(11)7-8/h7H,3-6H2,1-2H3. The van der Waals surface area contributed by atoms with Gasteiger partial charge in [-0.05, 0) is 6.42 Å². The zero-order valence-electron chi connectivity index (χ0n) is 7.67. The smallest absolute Gasteiger partial charge is 0.157 e. The first-order valence-electron chi connectivity index (χ1n) is 4.17. The van der Waals surface area contributed by atoms with E-state index in [0.29, 0.717) is 13.0 Å². The highest BCUT2D eigenvalue weighted by Crippen LogP contribution is 2.17. The second-order valence-corrected chi connectivity index (χ2v) is 3.02. The van der Waals surface area contributed by atoms with Gasteiger partial charge in [-0.2, -0.15) is 0 Å². The number of carbonyl (C=O) groups is 1. The first-order chi connectivity index (χ1) is 5.74. The van der Waals surface area contributed by atoms with Crippen molar-refractivity contribution in [3.63, 3.8) is 0 Å². The summed E-state index contributed by atoms with van der Waals surface area (Å²) in [5.74, 6) is 0.245. The molecule has 3 nitrogen and oxygen atoms in total. The number of carbonyl (C=O) groups excluding carboxylic acids is 1. The minimum atomic E-state index is 0.245. The van der Waals surface area contributed by atoms with Gasteiger partial charge in [0.05, 0.1) is 6.61 Å². The van der Waals surface area contributed by atoms with E-state index in [0.717, 1.165) is 18.7 Å². The lowest BCUT2D eigenvalue weighted by Gasteiger charge is -2.19. The van der Waals surface area contributed by atoms with E-state index in [2.05, 4.69) is 4.90 Å². The van der Waals surface area contributed by atoms with Crippen LogP contribution in [0.25, 0.3) is 0 Å². The van der Waals surface area contributed by atoms with Gasteiger partial charge in [-0.25, -0.2) is 0 Å². The van der Waals surface area contributed by atoms with Crippen LogP contribution in [0.15, 0.2) is 11.8 Å². The molecule has 0 bridgehead atoms. The highest BCUT2D eigenvalue weighted by atomic mass is 16.5. The number of likely N-dealkylation sites (N-methyl/N-ethyl adjacent to an activating group) is 1. The van der Waals surface area contributed by atoms with Gasteiger partial charge in [0, 0.05) is 38.9 Å². The fraction of sp³-hybridized carbons (Fsp3) is 0.667. The summed E-state index contributed by atoms with van der Waals surface area (Å²) in [4.78, 5) is 13.0. The summed E-state index contributed by atoms with van der Waals surface area (Å²) < 4.78 is 4.95.